The molecule has 0 aromatic heterocycles. The van der Waals surface area contributed by atoms with Gasteiger partial charge in [0, 0.05) is 23.2 Å². The Morgan fingerprint density at radius 3 is 2.62 bits per heavy atom. The van der Waals surface area contributed by atoms with E-state index in [9.17, 15) is 13.2 Å². The van der Waals surface area contributed by atoms with Crippen LogP contribution in [0, 0.1) is 0 Å². The molecule has 1 aromatic rings. The Hall–Kier alpha value is -1.12. The van der Waals surface area contributed by atoms with Gasteiger partial charge in [0.15, 0.2) is 0 Å². The topological polar surface area (TPSA) is 92.5 Å². The molecule has 1 saturated heterocycles. The van der Waals surface area contributed by atoms with Crippen molar-refractivity contribution in [3.05, 3.63) is 22.7 Å². The van der Waals surface area contributed by atoms with Crippen molar-refractivity contribution in [1.82, 2.24) is 9.62 Å². The largest absolute Gasteiger partial charge is 0.399 e. The number of sulfonamides is 1. The lowest BCUT2D eigenvalue weighted by molar-refractivity contribution is -0.130. The maximum absolute atomic E-state index is 12.2. The molecule has 1 heterocycles. The number of carbonyl (C=O) groups excluding carboxylic acids is 1. The van der Waals surface area contributed by atoms with Crippen molar-refractivity contribution in [1.29, 1.82) is 0 Å². The summed E-state index contributed by atoms with van der Waals surface area (Å²) in [7, 11) is -3.77. The van der Waals surface area contributed by atoms with Gasteiger partial charge in [0.1, 0.15) is 0 Å². The first-order chi connectivity index (χ1) is 9.90. The minimum atomic E-state index is -3.77. The molecule has 0 unspecified atom stereocenters. The highest BCUT2D eigenvalue weighted by Crippen LogP contribution is 2.23. The fraction of sp³-hybridized carbons (Fsp3) is 0.462. The molecule has 1 fully saturated rings. The molecule has 116 valence electrons. The van der Waals surface area contributed by atoms with Gasteiger partial charge in [-0.3, -0.25) is 4.79 Å². The van der Waals surface area contributed by atoms with Crippen molar-refractivity contribution in [3.8, 4) is 0 Å². The zero-order valence-corrected chi connectivity index (χ0v) is 13.9. The molecule has 1 amide bonds. The van der Waals surface area contributed by atoms with Crippen LogP contribution in [0.5, 0.6) is 0 Å². The van der Waals surface area contributed by atoms with Gasteiger partial charge in [-0.1, -0.05) is 0 Å². The van der Waals surface area contributed by atoms with Crippen LogP contribution in [-0.2, 0) is 14.8 Å². The fourth-order valence-electron chi connectivity index (χ4n) is 2.22. The lowest BCUT2D eigenvalue weighted by atomic mass is 10.1. The summed E-state index contributed by atoms with van der Waals surface area (Å²) in [4.78, 5) is 13.7. The van der Waals surface area contributed by atoms with Crippen molar-refractivity contribution in [2.45, 2.75) is 24.2 Å². The van der Waals surface area contributed by atoms with E-state index in [0.29, 0.717) is 23.2 Å². The number of anilines is 1. The van der Waals surface area contributed by atoms with Gasteiger partial charge in [0.25, 0.3) is 0 Å². The smallest absolute Gasteiger partial charge is 0.242 e. The zero-order valence-electron chi connectivity index (χ0n) is 11.5. The van der Waals surface area contributed by atoms with Crippen LogP contribution in [-0.4, -0.2) is 38.9 Å². The monoisotopic (exact) mass is 375 g/mol. The molecule has 1 aliphatic rings. The summed E-state index contributed by atoms with van der Waals surface area (Å²) >= 11 is 3.18. The Morgan fingerprint density at radius 1 is 1.29 bits per heavy atom. The van der Waals surface area contributed by atoms with Crippen LogP contribution in [0.1, 0.15) is 19.3 Å². The number of carbonyl (C=O) groups is 1. The second-order valence-electron chi connectivity index (χ2n) is 4.96. The van der Waals surface area contributed by atoms with Gasteiger partial charge >= 0.3 is 0 Å². The Balaban J connectivity index is 2.04. The molecule has 1 aromatic carbocycles. The Labute approximate surface area is 132 Å². The number of nitrogens with one attached hydrogen (secondary N) is 1. The number of nitrogen functional groups attached to an aromatic ring is 1. The predicted molar refractivity (Wildman–Crippen MR) is 84.2 cm³/mol. The van der Waals surface area contributed by atoms with Crippen LogP contribution in [0.3, 0.4) is 0 Å². The molecule has 21 heavy (non-hydrogen) atoms. The van der Waals surface area contributed by atoms with E-state index in [0.717, 1.165) is 19.3 Å². The van der Waals surface area contributed by atoms with Crippen molar-refractivity contribution in [2.24, 2.45) is 0 Å². The fourth-order valence-corrected chi connectivity index (χ4v) is 4.19. The Morgan fingerprint density at radius 2 is 1.95 bits per heavy atom. The number of halogens is 1. The first-order valence-electron chi connectivity index (χ1n) is 6.72. The van der Waals surface area contributed by atoms with Gasteiger partial charge in [-0.25, -0.2) is 13.1 Å². The standard InChI is InChI=1S/C13H18BrN3O3S/c14-11-5-4-10(15)8-12(11)21(19,20)16-9-13(18)17-6-2-1-3-7-17/h4-5,8,16H,1-3,6-7,9,15H2. The second kappa shape index (κ2) is 6.76. The molecule has 6 nitrogen and oxygen atoms in total. The number of nitrogens with two attached hydrogens (primary N) is 1. The highest BCUT2D eigenvalue weighted by molar-refractivity contribution is 9.10. The number of hydrogen-bond acceptors (Lipinski definition) is 4. The maximum Gasteiger partial charge on any atom is 0.242 e. The van der Waals surface area contributed by atoms with Crippen molar-refractivity contribution < 1.29 is 13.2 Å². The van der Waals surface area contributed by atoms with Gasteiger partial charge in [0.05, 0.1) is 11.4 Å². The minimum Gasteiger partial charge on any atom is -0.399 e. The molecular weight excluding hydrogens is 358 g/mol. The van der Waals surface area contributed by atoms with Gasteiger partial charge < -0.3 is 10.6 Å². The zero-order chi connectivity index (χ0) is 15.5. The van der Waals surface area contributed by atoms with Crippen LogP contribution < -0.4 is 10.5 Å². The molecule has 0 radical (unpaired) electrons. The number of nitrogens with zero attached hydrogens (tertiary/aromatic N) is 1. The number of hydrogen-bond donors (Lipinski definition) is 2. The lowest BCUT2D eigenvalue weighted by Crippen LogP contribution is -2.42. The van der Waals surface area contributed by atoms with E-state index in [-0.39, 0.29) is 17.3 Å². The number of benzene rings is 1. The minimum absolute atomic E-state index is 0.0361. The van der Waals surface area contributed by atoms with Crippen LogP contribution in [0.15, 0.2) is 27.6 Å². The summed E-state index contributed by atoms with van der Waals surface area (Å²) in [6, 6.07) is 4.52. The first kappa shape index (κ1) is 16.3. The van der Waals surface area contributed by atoms with Crippen LogP contribution in [0.4, 0.5) is 5.69 Å². The third-order valence-electron chi connectivity index (χ3n) is 3.37. The first-order valence-corrected chi connectivity index (χ1v) is 9.00. The van der Waals surface area contributed by atoms with Gasteiger partial charge in [0.2, 0.25) is 15.9 Å². The van der Waals surface area contributed by atoms with E-state index in [1.54, 1.807) is 17.0 Å². The normalized spacial score (nSPS) is 16.0. The van der Waals surface area contributed by atoms with E-state index in [2.05, 4.69) is 20.7 Å². The molecule has 2 rings (SSSR count). The van der Waals surface area contributed by atoms with Crippen molar-refractivity contribution in [3.63, 3.8) is 0 Å². The average Bonchev–Trinajstić information content (AvgIpc) is 2.48. The van der Waals surface area contributed by atoms with Crippen LogP contribution in [0.25, 0.3) is 0 Å². The van der Waals surface area contributed by atoms with E-state index < -0.39 is 10.0 Å². The summed E-state index contributed by atoms with van der Waals surface area (Å²) in [5.74, 6) is -0.196. The van der Waals surface area contributed by atoms with Crippen molar-refractivity contribution in [2.75, 3.05) is 25.4 Å². The third kappa shape index (κ3) is 4.18. The summed E-state index contributed by atoms with van der Waals surface area (Å²) < 4.78 is 27.2. The molecule has 0 bridgehead atoms. The van der Waals surface area contributed by atoms with Gasteiger partial charge in [-0.05, 0) is 53.4 Å². The summed E-state index contributed by atoms with van der Waals surface area (Å²) in [6.07, 6.45) is 3.06. The van der Waals surface area contributed by atoms with E-state index in [1.165, 1.54) is 6.07 Å². The molecule has 3 N–H and O–H groups in total. The molecule has 1 aliphatic heterocycles. The number of amides is 1. The number of rotatable bonds is 4. The quantitative estimate of drug-likeness (QED) is 0.776. The van der Waals surface area contributed by atoms with Crippen LogP contribution in [0.2, 0.25) is 0 Å². The molecular formula is C13H18BrN3O3S. The van der Waals surface area contributed by atoms with Crippen LogP contribution >= 0.6 is 15.9 Å². The summed E-state index contributed by atoms with van der Waals surface area (Å²) in [5.41, 5.74) is 5.96. The molecule has 0 aliphatic carbocycles. The average molecular weight is 376 g/mol. The van der Waals surface area contributed by atoms with Gasteiger partial charge in [-0.2, -0.15) is 0 Å². The number of likely N-dealkylation sites (tertiary alicyclic amines) is 1. The predicted octanol–water partition coefficient (Wildman–Crippen LogP) is 1.32. The maximum atomic E-state index is 12.2. The summed E-state index contributed by atoms with van der Waals surface area (Å²) in [5, 5.41) is 0. The summed E-state index contributed by atoms with van der Waals surface area (Å²) in [6.45, 7) is 1.16. The Kier molecular flexibility index (Phi) is 5.23. The Bertz CT molecular complexity index is 628. The molecule has 0 atom stereocenters. The van der Waals surface area contributed by atoms with E-state index in [4.69, 9.17) is 5.73 Å². The molecule has 8 heteroatoms. The molecule has 0 saturated carbocycles. The highest BCUT2D eigenvalue weighted by atomic mass is 79.9. The van der Waals surface area contributed by atoms with Gasteiger partial charge in [-0.15, -0.1) is 0 Å². The van der Waals surface area contributed by atoms with E-state index >= 15 is 0 Å². The second-order valence-corrected chi connectivity index (χ2v) is 7.55. The lowest BCUT2D eigenvalue weighted by Gasteiger charge is -2.26. The van der Waals surface area contributed by atoms with E-state index in [1.807, 2.05) is 0 Å². The van der Waals surface area contributed by atoms with Crippen molar-refractivity contribution >= 4 is 37.5 Å². The third-order valence-corrected chi connectivity index (χ3v) is 5.76. The molecule has 0 spiro atoms. The number of piperidine rings is 1. The SMILES string of the molecule is Nc1ccc(Br)c(S(=O)(=O)NCC(=O)N2CCCCC2)c1. The highest BCUT2D eigenvalue weighted by Gasteiger charge is 2.22.